The van der Waals surface area contributed by atoms with Gasteiger partial charge in [0.25, 0.3) is 11.8 Å². The van der Waals surface area contributed by atoms with E-state index in [0.717, 1.165) is 0 Å². The van der Waals surface area contributed by atoms with Crippen molar-refractivity contribution in [2.45, 2.75) is 68.1 Å². The molecule has 0 radical (unpaired) electrons. The van der Waals surface area contributed by atoms with Crippen LogP contribution >= 0.6 is 0 Å². The molecule has 0 aromatic rings. The van der Waals surface area contributed by atoms with Crippen LogP contribution in [0.3, 0.4) is 0 Å². The highest BCUT2D eigenvalue weighted by atomic mass is 19.3. The van der Waals surface area contributed by atoms with Gasteiger partial charge >= 0.3 is 11.8 Å². The van der Waals surface area contributed by atoms with Crippen LogP contribution in [0.15, 0.2) is 0 Å². The molecular formula is C15H18F4N2O4. The van der Waals surface area contributed by atoms with Gasteiger partial charge in [0.15, 0.2) is 0 Å². The fourth-order valence-corrected chi connectivity index (χ4v) is 4.11. The number of rotatable bonds is 1. The first kappa shape index (κ1) is 18.1. The molecule has 2 atom stereocenters. The van der Waals surface area contributed by atoms with Gasteiger partial charge in [-0.3, -0.25) is 14.4 Å². The molecule has 25 heavy (non-hydrogen) atoms. The summed E-state index contributed by atoms with van der Waals surface area (Å²) in [4.78, 5) is 36.0. The molecule has 1 heterocycles. The van der Waals surface area contributed by atoms with Crippen molar-refractivity contribution in [3.05, 3.63) is 0 Å². The van der Waals surface area contributed by atoms with Gasteiger partial charge in [0.1, 0.15) is 11.9 Å². The number of carbonyl (C=O) groups is 3. The van der Waals surface area contributed by atoms with E-state index in [1.807, 2.05) is 0 Å². The zero-order valence-corrected chi connectivity index (χ0v) is 13.5. The van der Waals surface area contributed by atoms with Gasteiger partial charge in [-0.1, -0.05) is 0 Å². The third-order valence-corrected chi connectivity index (χ3v) is 5.33. The summed E-state index contributed by atoms with van der Waals surface area (Å²) in [6.45, 7) is 0.221. The summed E-state index contributed by atoms with van der Waals surface area (Å²) in [6.07, 6.45) is -4.84. The number of nitrogens with zero attached hydrogens (tertiary/aromatic N) is 1. The molecule has 0 bridgehead atoms. The molecule has 1 spiro atoms. The predicted molar refractivity (Wildman–Crippen MR) is 75.0 cm³/mol. The number of ketones is 1. The van der Waals surface area contributed by atoms with E-state index in [1.54, 1.807) is 0 Å². The first-order chi connectivity index (χ1) is 11.3. The summed E-state index contributed by atoms with van der Waals surface area (Å²) in [6, 6.07) is 0. The third-order valence-electron chi connectivity index (χ3n) is 5.33. The topological polar surface area (TPSA) is 86.7 Å². The minimum atomic E-state index is -3.79. The molecule has 0 unspecified atom stereocenters. The fourth-order valence-electron chi connectivity index (χ4n) is 4.11. The number of alkyl halides is 4. The van der Waals surface area contributed by atoms with Gasteiger partial charge in [-0.05, 0) is 13.3 Å². The Bertz CT molecular complexity index is 645. The standard InChI is InChI=1S/C15H18F4N2O4/c1-12(4-8(22)5-12)20-9(23)10(24)21-7-15(18,19)11(25)13(21)2-3-14(16,17)6-13/h11,25H,2-7H2,1H3,(H,20,23)/t11-,13-/m1/s1. The highest BCUT2D eigenvalue weighted by Crippen LogP contribution is 2.53. The number of hydrogen-bond acceptors (Lipinski definition) is 4. The first-order valence-electron chi connectivity index (χ1n) is 7.90. The Morgan fingerprint density at radius 1 is 1.20 bits per heavy atom. The van der Waals surface area contributed by atoms with E-state index in [-0.39, 0.29) is 18.6 Å². The van der Waals surface area contributed by atoms with Crippen LogP contribution in [-0.2, 0) is 14.4 Å². The van der Waals surface area contributed by atoms with Gasteiger partial charge in [-0.2, -0.15) is 0 Å². The lowest BCUT2D eigenvalue weighted by Crippen LogP contribution is -2.61. The van der Waals surface area contributed by atoms with Crippen molar-refractivity contribution in [1.82, 2.24) is 10.2 Å². The van der Waals surface area contributed by atoms with E-state index in [2.05, 4.69) is 5.32 Å². The van der Waals surface area contributed by atoms with E-state index in [1.165, 1.54) is 6.92 Å². The second kappa shape index (κ2) is 5.15. The zero-order valence-electron chi connectivity index (χ0n) is 13.5. The minimum absolute atomic E-state index is 0.00796. The summed E-state index contributed by atoms with van der Waals surface area (Å²) in [7, 11) is 0. The number of Topliss-reactive ketones (excluding diaryl/α,β-unsaturated/α-hetero) is 1. The number of likely N-dealkylation sites (tertiary alicyclic amines) is 1. The number of hydrogen-bond donors (Lipinski definition) is 2. The second-order valence-corrected chi connectivity index (χ2v) is 7.60. The van der Waals surface area contributed by atoms with E-state index in [9.17, 15) is 37.1 Å². The number of halogens is 4. The molecule has 1 saturated heterocycles. The SMILES string of the molecule is CC1(NC(=O)C(=O)N2CC(F)(F)[C@H](O)[C@]23CCC(F)(F)C3)CC(=O)C1. The van der Waals surface area contributed by atoms with Crippen LogP contribution in [0.4, 0.5) is 17.6 Å². The van der Waals surface area contributed by atoms with Crippen LogP contribution in [0.2, 0.25) is 0 Å². The maximum Gasteiger partial charge on any atom is 0.312 e. The monoisotopic (exact) mass is 366 g/mol. The maximum absolute atomic E-state index is 14.0. The van der Waals surface area contributed by atoms with Crippen LogP contribution in [0, 0.1) is 0 Å². The highest BCUT2D eigenvalue weighted by molar-refractivity contribution is 6.35. The molecular weight excluding hydrogens is 348 g/mol. The van der Waals surface area contributed by atoms with E-state index < -0.39 is 66.6 Å². The molecule has 0 aromatic heterocycles. The van der Waals surface area contributed by atoms with Gasteiger partial charge in [-0.25, -0.2) is 17.6 Å². The number of carbonyl (C=O) groups excluding carboxylic acids is 3. The van der Waals surface area contributed by atoms with Crippen molar-refractivity contribution in [3.8, 4) is 0 Å². The summed E-state index contributed by atoms with van der Waals surface area (Å²) in [5.74, 6) is -9.84. The maximum atomic E-state index is 14.0. The lowest BCUT2D eigenvalue weighted by molar-refractivity contribution is -0.153. The lowest BCUT2D eigenvalue weighted by Gasteiger charge is -2.39. The Labute approximate surface area is 140 Å². The normalized spacial score (nSPS) is 34.9. The van der Waals surface area contributed by atoms with Crippen molar-refractivity contribution >= 4 is 17.6 Å². The molecule has 3 aliphatic rings. The van der Waals surface area contributed by atoms with Crippen LogP contribution in [0.1, 0.15) is 39.0 Å². The molecule has 2 N–H and O–H groups in total. The lowest BCUT2D eigenvalue weighted by atomic mass is 9.77. The first-order valence-corrected chi connectivity index (χ1v) is 7.90. The van der Waals surface area contributed by atoms with Gasteiger partial charge in [0, 0.05) is 25.7 Å². The minimum Gasteiger partial charge on any atom is -0.384 e. The highest BCUT2D eigenvalue weighted by Gasteiger charge is 2.69. The smallest absolute Gasteiger partial charge is 0.312 e. The van der Waals surface area contributed by atoms with E-state index in [0.29, 0.717) is 4.90 Å². The van der Waals surface area contributed by atoms with Crippen molar-refractivity contribution in [1.29, 1.82) is 0 Å². The average molecular weight is 366 g/mol. The van der Waals surface area contributed by atoms with Crippen LogP contribution in [0.5, 0.6) is 0 Å². The molecule has 6 nitrogen and oxygen atoms in total. The Balaban J connectivity index is 1.83. The van der Waals surface area contributed by atoms with Crippen molar-refractivity contribution in [2.75, 3.05) is 6.54 Å². The molecule has 3 fully saturated rings. The van der Waals surface area contributed by atoms with Gasteiger partial charge in [0.2, 0.25) is 0 Å². The Morgan fingerprint density at radius 2 is 1.80 bits per heavy atom. The molecule has 2 amide bonds. The Morgan fingerprint density at radius 3 is 2.28 bits per heavy atom. The molecule has 2 saturated carbocycles. The number of aliphatic hydroxyl groups excluding tert-OH is 1. The molecule has 0 aromatic carbocycles. The zero-order chi connectivity index (χ0) is 18.8. The quantitative estimate of drug-likeness (QED) is 0.526. The third kappa shape index (κ3) is 2.80. The van der Waals surface area contributed by atoms with Gasteiger partial charge in [-0.15, -0.1) is 0 Å². The van der Waals surface area contributed by atoms with Crippen molar-refractivity contribution < 1.29 is 37.1 Å². The number of aliphatic hydroxyl groups is 1. The Kier molecular flexibility index (Phi) is 3.73. The summed E-state index contributed by atoms with van der Waals surface area (Å²) in [5.41, 5.74) is -3.12. The van der Waals surface area contributed by atoms with Gasteiger partial charge in [0.05, 0.1) is 17.6 Å². The Hall–Kier alpha value is -1.71. The molecule has 3 rings (SSSR count). The van der Waals surface area contributed by atoms with Gasteiger partial charge < -0.3 is 15.3 Å². The predicted octanol–water partition coefficient (Wildman–Crippen LogP) is 0.621. The van der Waals surface area contributed by atoms with Crippen LogP contribution in [0.25, 0.3) is 0 Å². The number of nitrogens with one attached hydrogen (secondary N) is 1. The molecule has 2 aliphatic carbocycles. The molecule has 140 valence electrons. The molecule has 10 heteroatoms. The van der Waals surface area contributed by atoms with Crippen molar-refractivity contribution in [2.24, 2.45) is 0 Å². The largest absolute Gasteiger partial charge is 0.384 e. The second-order valence-electron chi connectivity index (χ2n) is 7.60. The van der Waals surface area contributed by atoms with E-state index >= 15 is 0 Å². The van der Waals surface area contributed by atoms with Crippen molar-refractivity contribution in [3.63, 3.8) is 0 Å². The molecule has 1 aliphatic heterocycles. The van der Waals surface area contributed by atoms with Crippen LogP contribution in [-0.4, -0.2) is 63.2 Å². The van der Waals surface area contributed by atoms with Crippen LogP contribution < -0.4 is 5.32 Å². The summed E-state index contributed by atoms with van der Waals surface area (Å²) >= 11 is 0. The summed E-state index contributed by atoms with van der Waals surface area (Å²) < 4.78 is 55.2. The number of amides is 2. The average Bonchev–Trinajstić information content (AvgIpc) is 2.86. The van der Waals surface area contributed by atoms with E-state index in [4.69, 9.17) is 0 Å². The summed E-state index contributed by atoms with van der Waals surface area (Å²) in [5, 5.41) is 12.2. The fraction of sp³-hybridized carbons (Fsp3) is 0.800.